The highest BCUT2D eigenvalue weighted by Crippen LogP contribution is 2.37. The van der Waals surface area contributed by atoms with Gasteiger partial charge in [0, 0.05) is 0 Å². The molecule has 180 valence electrons. The molecule has 0 aliphatic carbocycles. The smallest absolute Gasteiger partial charge is 0.338 e. The lowest BCUT2D eigenvalue weighted by atomic mass is 9.83. The number of carbonyl (C=O) groups excluding carboxylic acids is 2. The van der Waals surface area contributed by atoms with Crippen LogP contribution in [-0.4, -0.2) is 30.2 Å². The summed E-state index contributed by atoms with van der Waals surface area (Å²) in [6.45, 7) is 5.71. The summed E-state index contributed by atoms with van der Waals surface area (Å²) in [4.78, 5) is 39.7. The highest BCUT2D eigenvalue weighted by Gasteiger charge is 2.39. The van der Waals surface area contributed by atoms with Gasteiger partial charge in [-0.3, -0.25) is 9.36 Å². The fourth-order valence-corrected chi connectivity index (χ4v) is 5.24. The van der Waals surface area contributed by atoms with E-state index in [4.69, 9.17) is 15.2 Å². The fraction of sp³-hybridized carbons (Fsp3) is 0.222. The molecule has 8 heteroatoms. The second-order valence-electron chi connectivity index (χ2n) is 8.24. The van der Waals surface area contributed by atoms with Crippen LogP contribution in [0.4, 0.5) is 0 Å². The van der Waals surface area contributed by atoms with Crippen molar-refractivity contribution in [1.29, 1.82) is 0 Å². The molecule has 3 aromatic rings. The Morgan fingerprint density at radius 2 is 1.60 bits per heavy atom. The van der Waals surface area contributed by atoms with Gasteiger partial charge in [0.2, 0.25) is 0 Å². The molecule has 0 fully saturated rings. The maximum absolute atomic E-state index is 13.5. The number of nitrogens with two attached hydrogens (primary N) is 1. The van der Waals surface area contributed by atoms with Crippen molar-refractivity contribution in [3.63, 3.8) is 0 Å². The van der Waals surface area contributed by atoms with Crippen molar-refractivity contribution in [3.8, 4) is 0 Å². The molecule has 0 bridgehead atoms. The van der Waals surface area contributed by atoms with Crippen molar-refractivity contribution in [2.45, 2.75) is 26.7 Å². The van der Waals surface area contributed by atoms with Crippen LogP contribution in [0.3, 0.4) is 0 Å². The SMILES string of the molecule is CCOC(=O)C1=C(N)n2c(s/c(=C\c3ccc(C)cc3)c2=O)=C(C(=O)OC)[C@H]1c1ccc(C)cc1. The quantitative estimate of drug-likeness (QED) is 0.550. The first-order chi connectivity index (χ1) is 16.8. The number of ether oxygens (including phenoxy) is 2. The molecule has 35 heavy (non-hydrogen) atoms. The number of aryl methyl sites for hydroxylation is 2. The Morgan fingerprint density at radius 3 is 2.17 bits per heavy atom. The van der Waals surface area contributed by atoms with E-state index in [1.807, 2.05) is 62.4 Å². The zero-order valence-corrected chi connectivity index (χ0v) is 20.8. The number of hydrogen-bond donors (Lipinski definition) is 1. The van der Waals surface area contributed by atoms with Crippen molar-refractivity contribution in [2.75, 3.05) is 13.7 Å². The summed E-state index contributed by atoms with van der Waals surface area (Å²) in [5.74, 6) is -2.25. The summed E-state index contributed by atoms with van der Waals surface area (Å²) in [6, 6.07) is 15.1. The first kappa shape index (κ1) is 24.2. The van der Waals surface area contributed by atoms with Gasteiger partial charge in [0.05, 0.1) is 35.3 Å². The first-order valence-corrected chi connectivity index (χ1v) is 11.9. The number of nitrogens with zero attached hydrogens (tertiary/aromatic N) is 1. The highest BCUT2D eigenvalue weighted by atomic mass is 32.1. The number of thiazole rings is 1. The van der Waals surface area contributed by atoms with Gasteiger partial charge in [-0.1, -0.05) is 59.7 Å². The Hall–Kier alpha value is -3.91. The van der Waals surface area contributed by atoms with Crippen LogP contribution in [0.1, 0.15) is 35.1 Å². The number of carbonyl (C=O) groups is 2. The molecule has 1 aliphatic rings. The van der Waals surface area contributed by atoms with Gasteiger partial charge in [-0.2, -0.15) is 0 Å². The summed E-state index contributed by atoms with van der Waals surface area (Å²) in [5.41, 5.74) is 9.86. The van der Waals surface area contributed by atoms with E-state index in [0.29, 0.717) is 14.8 Å². The van der Waals surface area contributed by atoms with Gasteiger partial charge < -0.3 is 15.2 Å². The second kappa shape index (κ2) is 9.76. The van der Waals surface area contributed by atoms with Crippen LogP contribution < -0.4 is 20.5 Å². The van der Waals surface area contributed by atoms with E-state index >= 15 is 0 Å². The normalized spacial score (nSPS) is 15.7. The summed E-state index contributed by atoms with van der Waals surface area (Å²) < 4.78 is 12.3. The molecule has 0 saturated heterocycles. The summed E-state index contributed by atoms with van der Waals surface area (Å²) in [5, 5.41) is 0. The topological polar surface area (TPSA) is 101 Å². The number of methoxy groups -OCH3 is 1. The molecular weight excluding hydrogens is 464 g/mol. The van der Waals surface area contributed by atoms with Crippen molar-refractivity contribution in [1.82, 2.24) is 4.57 Å². The van der Waals surface area contributed by atoms with Crippen molar-refractivity contribution in [2.24, 2.45) is 5.73 Å². The average molecular weight is 491 g/mol. The van der Waals surface area contributed by atoms with Crippen LogP contribution in [0, 0.1) is 13.8 Å². The number of aromatic nitrogens is 1. The molecule has 2 aromatic carbocycles. The minimum atomic E-state index is -0.854. The molecular formula is C27H26N2O5S. The molecule has 0 amide bonds. The maximum atomic E-state index is 13.5. The molecule has 1 aliphatic heterocycles. The van der Waals surface area contributed by atoms with Gasteiger partial charge in [0.1, 0.15) is 10.5 Å². The largest absolute Gasteiger partial charge is 0.466 e. The monoisotopic (exact) mass is 490 g/mol. The standard InChI is InChI=1S/C27H26N2O5S/c1-5-34-27(32)21-20(18-12-8-16(3)9-13-18)22(26(31)33-4)25-29(23(21)28)24(30)19(35-25)14-17-10-6-15(2)7-11-17/h6-14,20H,5,28H2,1-4H3/b19-14-/t20-/m0/s1. The summed E-state index contributed by atoms with van der Waals surface area (Å²) in [7, 11) is 1.27. The van der Waals surface area contributed by atoms with E-state index < -0.39 is 23.4 Å². The predicted molar refractivity (Wildman–Crippen MR) is 136 cm³/mol. The molecule has 0 radical (unpaired) electrons. The van der Waals surface area contributed by atoms with Crippen LogP contribution in [0.5, 0.6) is 0 Å². The number of benzene rings is 2. The molecule has 2 heterocycles. The number of rotatable bonds is 5. The third kappa shape index (κ3) is 4.44. The second-order valence-corrected chi connectivity index (χ2v) is 9.27. The van der Waals surface area contributed by atoms with E-state index in [2.05, 4.69) is 0 Å². The van der Waals surface area contributed by atoms with E-state index in [9.17, 15) is 14.4 Å². The minimum Gasteiger partial charge on any atom is -0.466 e. The highest BCUT2D eigenvalue weighted by molar-refractivity contribution is 7.07. The van der Waals surface area contributed by atoms with Crippen LogP contribution in [0.25, 0.3) is 17.5 Å². The lowest BCUT2D eigenvalue weighted by Crippen LogP contribution is -2.41. The molecule has 0 unspecified atom stereocenters. The van der Waals surface area contributed by atoms with E-state index in [1.54, 1.807) is 13.0 Å². The zero-order chi connectivity index (χ0) is 25.3. The molecule has 2 N–H and O–H groups in total. The van der Waals surface area contributed by atoms with Gasteiger partial charge >= 0.3 is 11.9 Å². The van der Waals surface area contributed by atoms with Crippen molar-refractivity contribution >= 4 is 40.7 Å². The Morgan fingerprint density at radius 1 is 1.00 bits per heavy atom. The Bertz CT molecular complexity index is 1510. The summed E-state index contributed by atoms with van der Waals surface area (Å²) in [6.07, 6.45) is 1.74. The average Bonchev–Trinajstić information content (AvgIpc) is 3.16. The van der Waals surface area contributed by atoms with Gasteiger partial charge in [0.25, 0.3) is 5.56 Å². The zero-order valence-electron chi connectivity index (χ0n) is 20.0. The van der Waals surface area contributed by atoms with Crippen molar-refractivity contribution in [3.05, 3.63) is 95.9 Å². The number of hydrogen-bond acceptors (Lipinski definition) is 7. The molecule has 1 aromatic heterocycles. The minimum absolute atomic E-state index is 0.0328. The lowest BCUT2D eigenvalue weighted by molar-refractivity contribution is -0.138. The van der Waals surface area contributed by atoms with E-state index in [1.165, 1.54) is 11.7 Å². The number of esters is 2. The third-order valence-corrected chi connectivity index (χ3v) is 6.94. The summed E-state index contributed by atoms with van der Waals surface area (Å²) >= 11 is 1.14. The maximum Gasteiger partial charge on any atom is 0.338 e. The Kier molecular flexibility index (Phi) is 6.75. The third-order valence-electron chi connectivity index (χ3n) is 5.83. The molecule has 7 nitrogen and oxygen atoms in total. The van der Waals surface area contributed by atoms with Gasteiger partial charge in [-0.15, -0.1) is 11.3 Å². The molecule has 0 spiro atoms. The first-order valence-electron chi connectivity index (χ1n) is 11.1. The predicted octanol–water partition coefficient (Wildman–Crippen LogP) is 2.17. The van der Waals surface area contributed by atoms with Crippen molar-refractivity contribution < 1.29 is 19.1 Å². The molecule has 0 saturated carbocycles. The molecule has 1 atom stereocenters. The fourth-order valence-electron chi connectivity index (χ4n) is 4.07. The van der Waals surface area contributed by atoms with Crippen LogP contribution in [0.15, 0.2) is 58.9 Å². The lowest BCUT2D eigenvalue weighted by Gasteiger charge is -2.26. The van der Waals surface area contributed by atoms with Crippen LogP contribution >= 0.6 is 11.3 Å². The van der Waals surface area contributed by atoms with Crippen LogP contribution in [0.2, 0.25) is 0 Å². The molecule has 4 rings (SSSR count). The van der Waals surface area contributed by atoms with E-state index in [-0.39, 0.29) is 23.6 Å². The van der Waals surface area contributed by atoms with E-state index in [0.717, 1.165) is 28.0 Å². The van der Waals surface area contributed by atoms with Gasteiger partial charge in [0.15, 0.2) is 0 Å². The number of fused-ring (bicyclic) bond motifs is 1. The van der Waals surface area contributed by atoms with Gasteiger partial charge in [-0.05, 0) is 38.0 Å². The van der Waals surface area contributed by atoms with Gasteiger partial charge in [-0.25, -0.2) is 9.59 Å². The Balaban J connectivity index is 2.10. The Labute approximate surface area is 206 Å². The van der Waals surface area contributed by atoms with Crippen LogP contribution in [-0.2, 0) is 19.1 Å².